The van der Waals surface area contributed by atoms with Gasteiger partial charge in [0.25, 0.3) is 11.4 Å². The molecule has 0 fully saturated rings. The van der Waals surface area contributed by atoms with E-state index in [1.54, 1.807) is 0 Å². The summed E-state index contributed by atoms with van der Waals surface area (Å²) >= 11 is -2.61. The van der Waals surface area contributed by atoms with Crippen LogP contribution in [0.5, 0.6) is 0 Å². The van der Waals surface area contributed by atoms with Gasteiger partial charge in [0.1, 0.15) is 0 Å². The molecule has 0 atom stereocenters. The summed E-state index contributed by atoms with van der Waals surface area (Å²) in [6, 6.07) is 0. The molecule has 0 aromatic heterocycles. The summed E-state index contributed by atoms with van der Waals surface area (Å²) < 4.78 is 22.8. The topological polar surface area (TPSA) is 89.0 Å². The zero-order valence-corrected chi connectivity index (χ0v) is 4.49. The van der Waals surface area contributed by atoms with Gasteiger partial charge in [-0.05, 0) is 0 Å². The summed E-state index contributed by atoms with van der Waals surface area (Å²) in [6.45, 7) is 0. The second kappa shape index (κ2) is 9.12. The standard InChI is InChI=1S/Fe.H2O3S.H2O/c;1-4(2)3;/h;(H2,1,2,3);1H2. The fraction of sp³-hybridized carbons (Fsp3) is 0. The number of rotatable bonds is 0. The van der Waals surface area contributed by atoms with Crippen molar-refractivity contribution in [3.05, 3.63) is 0 Å². The smallest absolute Gasteiger partial charge is 0.299 e. The third-order valence-corrected chi connectivity index (χ3v) is 0. The van der Waals surface area contributed by atoms with Crippen molar-refractivity contribution in [1.82, 2.24) is 0 Å². The SMILES string of the molecule is O.O=S(O)O.[Fe]. The summed E-state index contributed by atoms with van der Waals surface area (Å²) in [7, 11) is 0. The van der Waals surface area contributed by atoms with E-state index in [1.807, 2.05) is 0 Å². The van der Waals surface area contributed by atoms with Gasteiger partial charge < -0.3 is 5.48 Å². The molecular formula is H4FeO4S. The van der Waals surface area contributed by atoms with Crippen LogP contribution < -0.4 is 0 Å². The Labute approximate surface area is 47.8 Å². The molecule has 0 spiro atoms. The molecule has 6 heavy (non-hydrogen) atoms. The number of hydrogen-bond donors (Lipinski definition) is 2. The molecule has 0 aromatic carbocycles. The van der Waals surface area contributed by atoms with Crippen LogP contribution in [0.2, 0.25) is 0 Å². The molecule has 0 aliphatic heterocycles. The molecule has 4 nitrogen and oxygen atoms in total. The quantitative estimate of drug-likeness (QED) is 0.343. The molecule has 6 heteroatoms. The summed E-state index contributed by atoms with van der Waals surface area (Å²) in [4.78, 5) is 0. The Balaban J connectivity index is -0.0000000450. The first-order valence-corrected chi connectivity index (χ1v) is 1.60. The van der Waals surface area contributed by atoms with Crippen LogP contribution in [-0.2, 0) is 28.4 Å². The van der Waals surface area contributed by atoms with Crippen molar-refractivity contribution < 1.29 is 35.9 Å². The van der Waals surface area contributed by atoms with E-state index in [0.717, 1.165) is 0 Å². The van der Waals surface area contributed by atoms with Crippen LogP contribution in [0.25, 0.3) is 0 Å². The van der Waals surface area contributed by atoms with Gasteiger partial charge in [-0.3, -0.25) is 9.11 Å². The van der Waals surface area contributed by atoms with Gasteiger partial charge in [0.05, 0.1) is 0 Å². The molecule has 0 saturated carbocycles. The van der Waals surface area contributed by atoms with Gasteiger partial charge in [-0.2, -0.15) is 4.21 Å². The van der Waals surface area contributed by atoms with Crippen LogP contribution in [0.4, 0.5) is 0 Å². The van der Waals surface area contributed by atoms with Crippen molar-refractivity contribution in [3.63, 3.8) is 0 Å². The molecule has 4 N–H and O–H groups in total. The van der Waals surface area contributed by atoms with E-state index in [0.29, 0.717) is 0 Å². The Bertz CT molecular complexity index is 30.5. The van der Waals surface area contributed by atoms with Crippen LogP contribution in [-0.4, -0.2) is 18.8 Å². The maximum atomic E-state index is 8.67. The van der Waals surface area contributed by atoms with Gasteiger partial charge in [0.2, 0.25) is 0 Å². The van der Waals surface area contributed by atoms with Gasteiger partial charge in [0.15, 0.2) is 0 Å². The fourth-order valence-electron chi connectivity index (χ4n) is 0. The average molecular weight is 156 g/mol. The van der Waals surface area contributed by atoms with Gasteiger partial charge in [-0.25, -0.2) is 0 Å². The van der Waals surface area contributed by atoms with E-state index in [2.05, 4.69) is 0 Å². The van der Waals surface area contributed by atoms with E-state index < -0.39 is 11.4 Å². The van der Waals surface area contributed by atoms with Crippen molar-refractivity contribution in [2.75, 3.05) is 0 Å². The van der Waals surface area contributed by atoms with Gasteiger partial charge in [0, 0.05) is 17.1 Å². The van der Waals surface area contributed by atoms with Crippen LogP contribution in [0.15, 0.2) is 0 Å². The molecule has 0 saturated heterocycles. The van der Waals surface area contributed by atoms with Crippen molar-refractivity contribution in [1.29, 1.82) is 0 Å². The first kappa shape index (κ1) is 16.0. The summed E-state index contributed by atoms with van der Waals surface area (Å²) in [5, 5.41) is 0. The van der Waals surface area contributed by atoms with E-state index >= 15 is 0 Å². The van der Waals surface area contributed by atoms with Crippen molar-refractivity contribution >= 4 is 11.4 Å². The van der Waals surface area contributed by atoms with Gasteiger partial charge in [-0.1, -0.05) is 0 Å². The maximum Gasteiger partial charge on any atom is 0.299 e. The van der Waals surface area contributed by atoms with E-state index in [-0.39, 0.29) is 22.5 Å². The first-order chi connectivity index (χ1) is 1.73. The summed E-state index contributed by atoms with van der Waals surface area (Å²) in [5.74, 6) is 0. The van der Waals surface area contributed by atoms with Crippen molar-refractivity contribution in [3.8, 4) is 0 Å². The predicted molar refractivity (Wildman–Crippen MR) is 17.0 cm³/mol. The van der Waals surface area contributed by atoms with Crippen LogP contribution in [0, 0.1) is 0 Å². The van der Waals surface area contributed by atoms with Crippen molar-refractivity contribution in [2.24, 2.45) is 0 Å². The fourth-order valence-corrected chi connectivity index (χ4v) is 0. The second-order valence-corrected chi connectivity index (χ2v) is 0.692. The molecule has 0 rings (SSSR count). The molecule has 0 aromatic rings. The first-order valence-electron chi connectivity index (χ1n) is 0.532. The minimum atomic E-state index is -2.61. The van der Waals surface area contributed by atoms with Gasteiger partial charge in [-0.15, -0.1) is 0 Å². The molecule has 0 aliphatic rings. The third-order valence-electron chi connectivity index (χ3n) is 0. The van der Waals surface area contributed by atoms with E-state index in [4.69, 9.17) is 13.3 Å². The number of hydrogen-bond acceptors (Lipinski definition) is 1. The largest absolute Gasteiger partial charge is 0.412 e. The monoisotopic (exact) mass is 156 g/mol. The normalized spacial score (nSPS) is 5.83. The predicted octanol–water partition coefficient (Wildman–Crippen LogP) is -1.15. The Kier molecular flexibility index (Phi) is 24.3. The molecule has 0 unspecified atom stereocenters. The molecule has 0 amide bonds. The zero-order chi connectivity index (χ0) is 3.58. The summed E-state index contributed by atoms with van der Waals surface area (Å²) in [5.41, 5.74) is 0. The zero-order valence-electron chi connectivity index (χ0n) is 2.56. The molecule has 0 heterocycles. The van der Waals surface area contributed by atoms with Crippen LogP contribution in [0.3, 0.4) is 0 Å². The molecule has 42 valence electrons. The Hall–Kier alpha value is 0.549. The maximum absolute atomic E-state index is 8.67. The molecule has 0 radical (unpaired) electrons. The van der Waals surface area contributed by atoms with Crippen LogP contribution in [0.1, 0.15) is 0 Å². The Morgan fingerprint density at radius 2 is 1.33 bits per heavy atom. The van der Waals surface area contributed by atoms with E-state index in [1.165, 1.54) is 0 Å². The van der Waals surface area contributed by atoms with Crippen molar-refractivity contribution in [2.45, 2.75) is 0 Å². The van der Waals surface area contributed by atoms with Crippen LogP contribution >= 0.6 is 0 Å². The average Bonchev–Trinajstić information content (AvgIpc) is 0.811. The van der Waals surface area contributed by atoms with Gasteiger partial charge >= 0.3 is 0 Å². The summed E-state index contributed by atoms with van der Waals surface area (Å²) in [6.07, 6.45) is 0. The van der Waals surface area contributed by atoms with E-state index in [9.17, 15) is 0 Å². The molecule has 0 bridgehead atoms. The second-order valence-electron chi connectivity index (χ2n) is 0.231. The molecular weight excluding hydrogens is 152 g/mol. The Morgan fingerprint density at radius 1 is 1.33 bits per heavy atom. The molecule has 0 aliphatic carbocycles. The third kappa shape index (κ3) is 190. The Morgan fingerprint density at radius 3 is 1.33 bits per heavy atom. The minimum absolute atomic E-state index is 0. The minimum Gasteiger partial charge on any atom is -0.412 e.